The van der Waals surface area contributed by atoms with Crippen LogP contribution in [0.2, 0.25) is 0 Å². The number of aliphatic imine (C=N–C) groups is 1. The number of rotatable bonds is 4. The van der Waals surface area contributed by atoms with E-state index in [9.17, 15) is 0 Å². The minimum absolute atomic E-state index is 0.0977. The molecular formula is C7H13N3. The molecule has 3 N–H and O–H groups in total. The molecule has 0 spiro atoms. The van der Waals surface area contributed by atoms with E-state index in [4.69, 9.17) is 11.1 Å². The summed E-state index contributed by atoms with van der Waals surface area (Å²) in [7, 11) is 0. The van der Waals surface area contributed by atoms with E-state index in [1.165, 1.54) is 0 Å². The number of hydrogen-bond acceptors (Lipinski definition) is 2. The van der Waals surface area contributed by atoms with Crippen LogP contribution < -0.4 is 5.73 Å². The van der Waals surface area contributed by atoms with Crippen molar-refractivity contribution in [2.45, 2.75) is 13.3 Å². The van der Waals surface area contributed by atoms with E-state index < -0.39 is 0 Å². The van der Waals surface area contributed by atoms with Crippen LogP contribution >= 0.6 is 0 Å². The van der Waals surface area contributed by atoms with Gasteiger partial charge in [-0.15, -0.1) is 0 Å². The molecule has 0 unspecified atom stereocenters. The normalized spacial score (nSPS) is 11.3. The molecule has 56 valence electrons. The summed E-state index contributed by atoms with van der Waals surface area (Å²) >= 11 is 0. The van der Waals surface area contributed by atoms with Crippen molar-refractivity contribution in [3.05, 3.63) is 12.2 Å². The minimum Gasteiger partial charge on any atom is -0.384 e. The van der Waals surface area contributed by atoms with Gasteiger partial charge in [0.25, 0.3) is 0 Å². The van der Waals surface area contributed by atoms with Crippen LogP contribution in [0.5, 0.6) is 0 Å². The Bertz CT molecular complexity index is 147. The van der Waals surface area contributed by atoms with Gasteiger partial charge in [0, 0.05) is 6.54 Å². The van der Waals surface area contributed by atoms with Gasteiger partial charge in [0.2, 0.25) is 0 Å². The van der Waals surface area contributed by atoms with E-state index in [-0.39, 0.29) is 5.84 Å². The van der Waals surface area contributed by atoms with Crippen molar-refractivity contribution in [1.82, 2.24) is 0 Å². The number of amidine groups is 1. The molecule has 10 heavy (non-hydrogen) atoms. The number of nitrogens with two attached hydrogens (primary N) is 1. The third kappa shape index (κ3) is 6.88. The molecule has 0 saturated carbocycles. The molecule has 0 saturated heterocycles. The van der Waals surface area contributed by atoms with E-state index in [1.807, 2.05) is 13.0 Å². The van der Waals surface area contributed by atoms with Crippen LogP contribution in [0.4, 0.5) is 0 Å². The van der Waals surface area contributed by atoms with Gasteiger partial charge < -0.3 is 5.73 Å². The van der Waals surface area contributed by atoms with Gasteiger partial charge in [0.15, 0.2) is 0 Å². The summed E-state index contributed by atoms with van der Waals surface area (Å²) in [6.07, 6.45) is 6.03. The number of hydrogen-bond donors (Lipinski definition) is 2. The average Bonchev–Trinajstić information content (AvgIpc) is 1.87. The molecule has 0 aliphatic rings. The largest absolute Gasteiger partial charge is 0.384 e. The molecule has 0 rings (SSSR count). The summed E-state index contributed by atoms with van der Waals surface area (Å²) in [6, 6.07) is 0. The molecular weight excluding hydrogens is 126 g/mol. The van der Waals surface area contributed by atoms with Gasteiger partial charge in [0.1, 0.15) is 5.84 Å². The third-order valence-electron chi connectivity index (χ3n) is 0.905. The highest BCUT2D eigenvalue weighted by molar-refractivity contribution is 5.88. The van der Waals surface area contributed by atoms with Crippen LogP contribution in [0.3, 0.4) is 0 Å². The van der Waals surface area contributed by atoms with Crippen molar-refractivity contribution in [3.63, 3.8) is 0 Å². The molecule has 0 amide bonds. The molecule has 0 aliphatic carbocycles. The predicted octanol–water partition coefficient (Wildman–Crippen LogP) is 0.959. The van der Waals surface area contributed by atoms with E-state index in [0.29, 0.717) is 0 Å². The van der Waals surface area contributed by atoms with E-state index in [0.717, 1.165) is 13.0 Å². The molecule has 0 bridgehead atoms. The summed E-state index contributed by atoms with van der Waals surface area (Å²) in [6.45, 7) is 2.66. The van der Waals surface area contributed by atoms with Gasteiger partial charge in [0.05, 0.1) is 0 Å². The van der Waals surface area contributed by atoms with Crippen molar-refractivity contribution >= 4 is 12.1 Å². The fraction of sp³-hybridized carbons (Fsp3) is 0.429. The molecule has 0 aromatic heterocycles. The summed E-state index contributed by atoms with van der Waals surface area (Å²) < 4.78 is 0. The van der Waals surface area contributed by atoms with Gasteiger partial charge in [-0.25, -0.2) is 0 Å². The summed E-state index contributed by atoms with van der Waals surface area (Å²) in [4.78, 5) is 3.98. The maximum atomic E-state index is 6.83. The quantitative estimate of drug-likeness (QED) is 0.340. The Hall–Kier alpha value is -1.12. The Balaban J connectivity index is 3.27. The fourth-order valence-electron chi connectivity index (χ4n) is 0.488. The van der Waals surface area contributed by atoms with E-state index in [2.05, 4.69) is 4.99 Å². The number of nitrogens with one attached hydrogen (secondary N) is 1. The van der Waals surface area contributed by atoms with Gasteiger partial charge in [-0.3, -0.25) is 10.4 Å². The van der Waals surface area contributed by atoms with Crippen LogP contribution in [0.25, 0.3) is 0 Å². The molecule has 0 radical (unpaired) electrons. The lowest BCUT2D eigenvalue weighted by Crippen LogP contribution is -2.04. The maximum absolute atomic E-state index is 6.83. The summed E-state index contributed by atoms with van der Waals surface area (Å²) in [5.41, 5.74) is 5.07. The topological polar surface area (TPSA) is 62.2 Å². The zero-order valence-electron chi connectivity index (χ0n) is 6.17. The second-order valence-corrected chi connectivity index (χ2v) is 1.81. The lowest BCUT2D eigenvalue weighted by Gasteiger charge is -1.85. The van der Waals surface area contributed by atoms with Gasteiger partial charge in [-0.2, -0.15) is 0 Å². The van der Waals surface area contributed by atoms with Gasteiger partial charge in [-0.1, -0.05) is 6.08 Å². The summed E-state index contributed by atoms with van der Waals surface area (Å²) in [5, 5.41) is 6.83. The lowest BCUT2D eigenvalue weighted by atomic mass is 10.3. The molecule has 0 heterocycles. The predicted molar refractivity (Wildman–Crippen MR) is 44.7 cm³/mol. The second kappa shape index (κ2) is 6.01. The average molecular weight is 139 g/mol. The van der Waals surface area contributed by atoms with Gasteiger partial charge in [-0.05, 0) is 25.6 Å². The van der Waals surface area contributed by atoms with Crippen LogP contribution in [-0.2, 0) is 0 Å². The molecule has 0 fully saturated rings. The first kappa shape index (κ1) is 8.88. The smallest absolute Gasteiger partial charge is 0.114 e. The molecule has 3 nitrogen and oxygen atoms in total. The zero-order valence-corrected chi connectivity index (χ0v) is 6.17. The molecule has 0 aromatic carbocycles. The molecule has 0 aromatic rings. The van der Waals surface area contributed by atoms with Crippen LogP contribution in [0, 0.1) is 5.41 Å². The van der Waals surface area contributed by atoms with Crippen LogP contribution in [-0.4, -0.2) is 18.6 Å². The number of nitrogens with zero attached hydrogens (tertiary/aromatic N) is 1. The van der Waals surface area contributed by atoms with Gasteiger partial charge >= 0.3 is 0 Å². The second-order valence-electron chi connectivity index (χ2n) is 1.81. The highest BCUT2D eigenvalue weighted by atomic mass is 14.7. The van der Waals surface area contributed by atoms with Crippen molar-refractivity contribution in [1.29, 1.82) is 5.41 Å². The Morgan fingerprint density at radius 1 is 1.70 bits per heavy atom. The fourth-order valence-corrected chi connectivity index (χ4v) is 0.488. The first-order chi connectivity index (χ1) is 4.77. The van der Waals surface area contributed by atoms with Crippen molar-refractivity contribution in [2.75, 3.05) is 6.54 Å². The first-order valence-electron chi connectivity index (χ1n) is 3.22. The third-order valence-corrected chi connectivity index (χ3v) is 0.905. The standard InChI is InChI=1S/C7H13N3/c1-2-10-6-4-3-5-7(8)9/h2-3,5H,4,6H2,1H3,(H3,8,9)/b5-3+,10-2?. The zero-order chi connectivity index (χ0) is 7.82. The van der Waals surface area contributed by atoms with Crippen LogP contribution in [0.15, 0.2) is 17.1 Å². The Morgan fingerprint density at radius 2 is 2.40 bits per heavy atom. The highest BCUT2D eigenvalue weighted by Gasteiger charge is 1.77. The van der Waals surface area contributed by atoms with Crippen molar-refractivity contribution in [3.8, 4) is 0 Å². The minimum atomic E-state index is 0.0977. The summed E-state index contributed by atoms with van der Waals surface area (Å²) in [5.74, 6) is 0.0977. The Morgan fingerprint density at radius 3 is 2.90 bits per heavy atom. The van der Waals surface area contributed by atoms with Crippen molar-refractivity contribution < 1.29 is 0 Å². The Labute approximate surface area is 61.2 Å². The Kier molecular flexibility index (Phi) is 5.33. The molecule has 0 aliphatic heterocycles. The van der Waals surface area contributed by atoms with E-state index in [1.54, 1.807) is 12.3 Å². The molecule has 0 atom stereocenters. The van der Waals surface area contributed by atoms with Crippen molar-refractivity contribution in [2.24, 2.45) is 10.7 Å². The monoisotopic (exact) mass is 139 g/mol. The lowest BCUT2D eigenvalue weighted by molar-refractivity contribution is 1.01. The first-order valence-corrected chi connectivity index (χ1v) is 3.22. The van der Waals surface area contributed by atoms with E-state index >= 15 is 0 Å². The molecule has 3 heteroatoms. The highest BCUT2D eigenvalue weighted by Crippen LogP contribution is 1.82. The van der Waals surface area contributed by atoms with Crippen LogP contribution in [0.1, 0.15) is 13.3 Å². The maximum Gasteiger partial charge on any atom is 0.114 e. The SMILES string of the molecule is CC=NCC/C=C/C(=N)N.